The summed E-state index contributed by atoms with van der Waals surface area (Å²) >= 11 is 0. The van der Waals surface area contributed by atoms with E-state index in [0.717, 1.165) is 56.5 Å². The lowest BCUT2D eigenvalue weighted by Crippen LogP contribution is -2.45. The molecule has 0 aliphatic carbocycles. The molecule has 5 nitrogen and oxygen atoms in total. The Morgan fingerprint density at radius 3 is 2.83 bits per heavy atom. The van der Waals surface area contributed by atoms with Crippen LogP contribution in [0.25, 0.3) is 11.0 Å². The van der Waals surface area contributed by atoms with Crippen LogP contribution >= 0.6 is 0 Å². The van der Waals surface area contributed by atoms with Crippen molar-refractivity contribution in [3.63, 3.8) is 0 Å². The Morgan fingerprint density at radius 2 is 2.09 bits per heavy atom. The number of nitrogens with zero attached hydrogens (tertiary/aromatic N) is 2. The van der Waals surface area contributed by atoms with Gasteiger partial charge in [-0.25, -0.2) is 4.79 Å². The molecule has 0 spiro atoms. The average Bonchev–Trinajstić information content (AvgIpc) is 3.11. The number of rotatable bonds is 3. The normalized spacial score (nSPS) is 27.0. The third kappa shape index (κ3) is 2.83. The molecule has 0 bridgehead atoms. The maximum atomic E-state index is 12.3. The number of nitrogens with one attached hydrogen (secondary N) is 1. The van der Waals surface area contributed by atoms with Gasteiger partial charge in [0.15, 0.2) is 0 Å². The van der Waals surface area contributed by atoms with E-state index >= 15 is 0 Å². The number of para-hydroxylation sites is 2. The van der Waals surface area contributed by atoms with Crippen molar-refractivity contribution in [2.45, 2.75) is 44.2 Å². The highest BCUT2D eigenvalue weighted by atomic mass is 16.5. The predicted molar refractivity (Wildman–Crippen MR) is 90.9 cm³/mol. The van der Waals surface area contributed by atoms with Crippen molar-refractivity contribution >= 4 is 11.0 Å². The molecule has 1 atom stereocenters. The van der Waals surface area contributed by atoms with Crippen LogP contribution in [0.15, 0.2) is 29.1 Å². The predicted octanol–water partition coefficient (Wildman–Crippen LogP) is 2.54. The standard InChI is InChI=1S/C18H25N3O2/c1-18(9-4-12-23-18)13-20-10-7-14(8-11-20)21-16-6-3-2-5-15(16)19-17(21)22/h2-3,5-6,14H,4,7-13H2,1H3,(H,19,22). The van der Waals surface area contributed by atoms with Gasteiger partial charge in [-0.2, -0.15) is 0 Å². The van der Waals surface area contributed by atoms with Gasteiger partial charge in [0, 0.05) is 32.3 Å². The first kappa shape index (κ1) is 15.0. The van der Waals surface area contributed by atoms with Gasteiger partial charge in [0.1, 0.15) is 0 Å². The molecule has 2 aromatic rings. The number of fused-ring (bicyclic) bond motifs is 1. The molecule has 2 aliphatic rings. The van der Waals surface area contributed by atoms with E-state index in [1.54, 1.807) is 0 Å². The zero-order valence-corrected chi connectivity index (χ0v) is 13.8. The first-order valence-corrected chi connectivity index (χ1v) is 8.70. The number of benzene rings is 1. The summed E-state index contributed by atoms with van der Waals surface area (Å²) in [7, 11) is 0. The maximum Gasteiger partial charge on any atom is 0.326 e. The number of hydrogen-bond acceptors (Lipinski definition) is 3. The van der Waals surface area contributed by atoms with Crippen molar-refractivity contribution in [1.29, 1.82) is 0 Å². The van der Waals surface area contributed by atoms with Crippen molar-refractivity contribution in [2.24, 2.45) is 0 Å². The van der Waals surface area contributed by atoms with Crippen LogP contribution in [-0.4, -0.2) is 46.3 Å². The lowest BCUT2D eigenvalue weighted by atomic mass is 9.98. The lowest BCUT2D eigenvalue weighted by Gasteiger charge is -2.37. The Bertz CT molecular complexity index is 734. The van der Waals surface area contributed by atoms with E-state index in [1.165, 1.54) is 6.42 Å². The summed E-state index contributed by atoms with van der Waals surface area (Å²) in [4.78, 5) is 17.8. The van der Waals surface area contributed by atoms with E-state index in [0.29, 0.717) is 6.04 Å². The smallest absolute Gasteiger partial charge is 0.326 e. The molecule has 124 valence electrons. The first-order valence-electron chi connectivity index (χ1n) is 8.70. The molecule has 2 aliphatic heterocycles. The largest absolute Gasteiger partial charge is 0.374 e. The Balaban J connectivity index is 1.47. The molecule has 0 radical (unpaired) electrons. The number of hydrogen-bond donors (Lipinski definition) is 1. The molecule has 1 unspecified atom stereocenters. The average molecular weight is 315 g/mol. The van der Waals surface area contributed by atoms with Crippen molar-refractivity contribution < 1.29 is 4.74 Å². The zero-order valence-electron chi connectivity index (χ0n) is 13.8. The van der Waals surface area contributed by atoms with E-state index in [-0.39, 0.29) is 11.3 Å². The van der Waals surface area contributed by atoms with E-state index in [2.05, 4.69) is 16.8 Å². The summed E-state index contributed by atoms with van der Waals surface area (Å²) in [5.41, 5.74) is 2.02. The summed E-state index contributed by atoms with van der Waals surface area (Å²) in [5.74, 6) is 0. The van der Waals surface area contributed by atoms with Crippen LogP contribution in [0, 0.1) is 0 Å². The second-order valence-corrected chi connectivity index (χ2v) is 7.23. The molecule has 3 heterocycles. The third-order valence-electron chi connectivity index (χ3n) is 5.40. The summed E-state index contributed by atoms with van der Waals surface area (Å²) in [5, 5.41) is 0. The van der Waals surface area contributed by atoms with E-state index in [1.807, 2.05) is 28.8 Å². The Labute approximate surface area is 136 Å². The van der Waals surface area contributed by atoms with Gasteiger partial charge in [0.25, 0.3) is 0 Å². The van der Waals surface area contributed by atoms with Gasteiger partial charge in [-0.1, -0.05) is 12.1 Å². The van der Waals surface area contributed by atoms with E-state index < -0.39 is 0 Å². The second kappa shape index (κ2) is 5.80. The maximum absolute atomic E-state index is 12.3. The minimum atomic E-state index is 0.0238. The van der Waals surface area contributed by atoms with Crippen LogP contribution in [0.3, 0.4) is 0 Å². The highest BCUT2D eigenvalue weighted by Crippen LogP contribution is 2.29. The molecule has 1 aromatic carbocycles. The van der Waals surface area contributed by atoms with Crippen LogP contribution in [0.5, 0.6) is 0 Å². The minimum absolute atomic E-state index is 0.0238. The Morgan fingerprint density at radius 1 is 1.30 bits per heavy atom. The highest BCUT2D eigenvalue weighted by molar-refractivity contribution is 5.75. The summed E-state index contributed by atoms with van der Waals surface area (Å²) in [6.45, 7) is 6.22. The van der Waals surface area contributed by atoms with Gasteiger partial charge in [-0.15, -0.1) is 0 Å². The molecule has 0 saturated carbocycles. The Kier molecular flexibility index (Phi) is 3.77. The summed E-state index contributed by atoms with van der Waals surface area (Å²) in [6, 6.07) is 8.27. The third-order valence-corrected chi connectivity index (χ3v) is 5.40. The monoisotopic (exact) mass is 315 g/mol. The quantitative estimate of drug-likeness (QED) is 0.947. The number of ether oxygens (including phenoxy) is 1. The Hall–Kier alpha value is -1.59. The fourth-order valence-corrected chi connectivity index (χ4v) is 4.21. The van der Waals surface area contributed by atoms with Crippen molar-refractivity contribution in [3.8, 4) is 0 Å². The molecular weight excluding hydrogens is 290 g/mol. The fraction of sp³-hybridized carbons (Fsp3) is 0.611. The van der Waals surface area contributed by atoms with Crippen LogP contribution in [0.4, 0.5) is 0 Å². The number of piperidine rings is 1. The van der Waals surface area contributed by atoms with Gasteiger partial charge >= 0.3 is 5.69 Å². The van der Waals surface area contributed by atoms with Gasteiger partial charge in [0.2, 0.25) is 0 Å². The number of imidazole rings is 1. The second-order valence-electron chi connectivity index (χ2n) is 7.23. The molecule has 5 heteroatoms. The molecular formula is C18H25N3O2. The molecule has 2 saturated heterocycles. The van der Waals surface area contributed by atoms with E-state index in [4.69, 9.17) is 4.74 Å². The minimum Gasteiger partial charge on any atom is -0.374 e. The van der Waals surface area contributed by atoms with Crippen molar-refractivity contribution in [1.82, 2.24) is 14.5 Å². The van der Waals surface area contributed by atoms with Gasteiger partial charge in [0.05, 0.1) is 16.6 Å². The molecule has 4 rings (SSSR count). The topological polar surface area (TPSA) is 50.3 Å². The van der Waals surface area contributed by atoms with Crippen LogP contribution in [0.2, 0.25) is 0 Å². The fourth-order valence-electron chi connectivity index (χ4n) is 4.21. The van der Waals surface area contributed by atoms with E-state index in [9.17, 15) is 4.79 Å². The number of likely N-dealkylation sites (tertiary alicyclic amines) is 1. The van der Waals surface area contributed by atoms with Crippen LogP contribution < -0.4 is 5.69 Å². The molecule has 2 fully saturated rings. The molecule has 1 aromatic heterocycles. The molecule has 23 heavy (non-hydrogen) atoms. The SMILES string of the molecule is CC1(CN2CCC(n3c(=O)[nH]c4ccccc43)CC2)CCCO1. The molecule has 1 N–H and O–H groups in total. The zero-order chi connectivity index (χ0) is 15.9. The first-order chi connectivity index (χ1) is 11.1. The highest BCUT2D eigenvalue weighted by Gasteiger charge is 2.33. The lowest BCUT2D eigenvalue weighted by molar-refractivity contribution is -0.0152. The van der Waals surface area contributed by atoms with Crippen molar-refractivity contribution in [2.75, 3.05) is 26.2 Å². The number of H-pyrrole nitrogens is 1. The summed E-state index contributed by atoms with van der Waals surface area (Å²) < 4.78 is 7.88. The van der Waals surface area contributed by atoms with Crippen LogP contribution in [-0.2, 0) is 4.74 Å². The number of aromatic nitrogens is 2. The van der Waals surface area contributed by atoms with Gasteiger partial charge in [-0.3, -0.25) is 4.57 Å². The molecule has 0 amide bonds. The summed E-state index contributed by atoms with van der Waals surface area (Å²) in [6.07, 6.45) is 4.39. The van der Waals surface area contributed by atoms with Gasteiger partial charge in [-0.05, 0) is 44.7 Å². The van der Waals surface area contributed by atoms with Gasteiger partial charge < -0.3 is 14.6 Å². The number of aromatic amines is 1. The van der Waals surface area contributed by atoms with Crippen molar-refractivity contribution in [3.05, 3.63) is 34.7 Å². The van der Waals surface area contributed by atoms with Crippen LogP contribution in [0.1, 0.15) is 38.6 Å².